The van der Waals surface area contributed by atoms with Crippen molar-refractivity contribution in [1.29, 1.82) is 0 Å². The van der Waals surface area contributed by atoms with Gasteiger partial charge in [-0.15, -0.1) is 0 Å². The Morgan fingerprint density at radius 2 is 0.800 bits per heavy atom. The maximum absolute atomic E-state index is 11.8. The van der Waals surface area contributed by atoms with Crippen molar-refractivity contribution in [2.24, 2.45) is 0 Å². The Morgan fingerprint density at radius 3 is 1.40 bits per heavy atom. The highest BCUT2D eigenvalue weighted by Gasteiger charge is 2.36. The highest BCUT2D eigenvalue weighted by atomic mass is 16.4. The summed E-state index contributed by atoms with van der Waals surface area (Å²) >= 11 is 0. The van der Waals surface area contributed by atoms with Crippen LogP contribution in [0.2, 0.25) is 0 Å². The van der Waals surface area contributed by atoms with Crippen molar-refractivity contribution in [2.75, 3.05) is 0 Å². The zero-order valence-corrected chi connectivity index (χ0v) is 27.9. The molecule has 0 fully saturated rings. The molecule has 0 unspecified atom stereocenters. The van der Waals surface area contributed by atoms with Gasteiger partial charge in [0.1, 0.15) is 11.2 Å². The van der Waals surface area contributed by atoms with Crippen molar-refractivity contribution in [3.8, 4) is 102 Å². The van der Waals surface area contributed by atoms with E-state index in [2.05, 4.69) is 0 Å². The molecule has 0 aliphatic carbocycles. The van der Waals surface area contributed by atoms with Gasteiger partial charge in [-0.05, 0) is 28.5 Å². The average Bonchev–Trinajstić information content (AvgIpc) is 3.59. The number of furan rings is 1. The first-order chi connectivity index (χ1) is 26.3. The molecule has 0 radical (unpaired) electrons. The topological polar surface area (TPSA) is 256 Å². The number of aromatic hydroxyl groups is 12. The van der Waals surface area contributed by atoms with Crippen molar-refractivity contribution < 1.29 is 65.7 Å². The molecule has 0 amide bonds. The number of phenolic OH excluding ortho intramolecular Hbond substituents is 12. The van der Waals surface area contributed by atoms with Gasteiger partial charge in [0.2, 0.25) is 34.5 Å². The summed E-state index contributed by atoms with van der Waals surface area (Å²) in [5, 5.41) is 136. The fourth-order valence-corrected chi connectivity index (χ4v) is 7.65. The SMILES string of the molecule is Oc1c(O)c(O)c(-c2c3c(O)c(O)c(O)c(O)c3c(-c3ccc4ccccc4c3)c3c(O)c(O)c(O)c(O)c23)c(-c2cccc3c2oc2ccccc23)c1O. The van der Waals surface area contributed by atoms with Crippen molar-refractivity contribution in [1.82, 2.24) is 0 Å². The Hall–Kier alpha value is -8.06. The summed E-state index contributed by atoms with van der Waals surface area (Å²) in [4.78, 5) is 0. The molecule has 8 aromatic carbocycles. The molecule has 0 saturated heterocycles. The molecule has 0 aliphatic heterocycles. The van der Waals surface area contributed by atoms with E-state index in [1.165, 1.54) is 12.1 Å². The van der Waals surface area contributed by atoms with Crippen LogP contribution < -0.4 is 0 Å². The van der Waals surface area contributed by atoms with Crippen molar-refractivity contribution in [2.45, 2.75) is 0 Å². The summed E-state index contributed by atoms with van der Waals surface area (Å²) in [5.74, 6) is -14.3. The first-order valence-electron chi connectivity index (χ1n) is 16.5. The Bertz CT molecular complexity index is 3100. The molecular weight excluding hydrogens is 712 g/mol. The lowest BCUT2D eigenvalue weighted by molar-refractivity contribution is 0.347. The van der Waals surface area contributed by atoms with E-state index in [0.29, 0.717) is 21.7 Å². The van der Waals surface area contributed by atoms with Crippen LogP contribution in [-0.2, 0) is 0 Å². The van der Waals surface area contributed by atoms with E-state index in [1.807, 2.05) is 0 Å². The molecule has 55 heavy (non-hydrogen) atoms. The minimum absolute atomic E-state index is 0.0369. The summed E-state index contributed by atoms with van der Waals surface area (Å²) in [6.07, 6.45) is 0. The van der Waals surface area contributed by atoms with E-state index in [9.17, 15) is 61.3 Å². The first kappa shape index (κ1) is 32.8. The lowest BCUT2D eigenvalue weighted by atomic mass is 9.80. The summed E-state index contributed by atoms with van der Waals surface area (Å²) < 4.78 is 6.17. The Labute approximate surface area is 306 Å². The van der Waals surface area contributed by atoms with Crippen molar-refractivity contribution >= 4 is 54.3 Å². The predicted molar refractivity (Wildman–Crippen MR) is 203 cm³/mol. The molecule has 12 N–H and O–H groups in total. The minimum atomic E-state index is -1.30. The average molecular weight is 739 g/mol. The fourth-order valence-electron chi connectivity index (χ4n) is 7.65. The molecule has 0 spiro atoms. The van der Waals surface area contributed by atoms with E-state index >= 15 is 0 Å². The Balaban J connectivity index is 1.60. The summed E-state index contributed by atoms with van der Waals surface area (Å²) in [6.45, 7) is 0. The highest BCUT2D eigenvalue weighted by molar-refractivity contribution is 6.31. The van der Waals surface area contributed by atoms with Gasteiger partial charge >= 0.3 is 0 Å². The molecule has 13 nitrogen and oxygen atoms in total. The second-order valence-corrected chi connectivity index (χ2v) is 13.0. The normalized spacial score (nSPS) is 11.8. The maximum atomic E-state index is 11.8. The van der Waals surface area contributed by atoms with Gasteiger partial charge in [0, 0.05) is 60.1 Å². The Morgan fingerprint density at radius 1 is 0.327 bits per heavy atom. The van der Waals surface area contributed by atoms with Crippen LogP contribution in [0.15, 0.2) is 89.3 Å². The van der Waals surface area contributed by atoms with Crippen LogP contribution in [0.3, 0.4) is 0 Å². The van der Waals surface area contributed by atoms with E-state index in [-0.39, 0.29) is 22.3 Å². The maximum Gasteiger partial charge on any atom is 0.204 e. The number of para-hydroxylation sites is 2. The molecule has 1 heterocycles. The van der Waals surface area contributed by atoms with E-state index < -0.39 is 107 Å². The summed E-state index contributed by atoms with van der Waals surface area (Å²) in [5.41, 5.74) is -1.56. The molecule has 1 aromatic heterocycles. The molecule has 0 aliphatic rings. The summed E-state index contributed by atoms with van der Waals surface area (Å²) in [7, 11) is 0. The number of benzene rings is 8. The standard InChI is InChI=1S/C42H26O13/c43-30-23(20-10-5-9-19-18-8-3-4-11-21(18)55-42(19)20)27(33(46)39(52)36(30)49)24-28-25(31(44)37(50)40(53)34(28)47)22(17-13-12-15-6-1-2-7-16(15)14-17)26-29(24)35(48)41(54)38(51)32(26)45/h1-14,43-54H. The van der Waals surface area contributed by atoms with Gasteiger partial charge < -0.3 is 65.7 Å². The molecular formula is C42H26O13. The van der Waals surface area contributed by atoms with Crippen LogP contribution in [0.1, 0.15) is 0 Å². The first-order valence-corrected chi connectivity index (χ1v) is 16.5. The smallest absolute Gasteiger partial charge is 0.204 e. The molecule has 272 valence electrons. The van der Waals surface area contributed by atoms with E-state index in [0.717, 1.165) is 5.39 Å². The molecule has 13 heteroatoms. The molecule has 9 aromatic rings. The predicted octanol–water partition coefficient (Wildman–Crippen LogP) is 8.51. The zero-order valence-electron chi connectivity index (χ0n) is 27.9. The number of phenols is 12. The molecule has 0 saturated carbocycles. The summed E-state index contributed by atoms with van der Waals surface area (Å²) in [6, 6.07) is 23.4. The van der Waals surface area contributed by atoms with Gasteiger partial charge in [0.05, 0.1) is 0 Å². The van der Waals surface area contributed by atoms with Crippen molar-refractivity contribution in [3.63, 3.8) is 0 Å². The van der Waals surface area contributed by atoms with Gasteiger partial charge in [-0.25, -0.2) is 0 Å². The van der Waals surface area contributed by atoms with E-state index in [1.54, 1.807) is 72.8 Å². The number of fused-ring (bicyclic) bond motifs is 6. The van der Waals surface area contributed by atoms with Gasteiger partial charge in [-0.2, -0.15) is 0 Å². The van der Waals surface area contributed by atoms with Crippen LogP contribution in [0.5, 0.6) is 69.0 Å². The fraction of sp³-hybridized carbons (Fsp3) is 0. The third kappa shape index (κ3) is 4.22. The third-order valence-corrected chi connectivity index (χ3v) is 10.2. The van der Waals surface area contributed by atoms with E-state index in [4.69, 9.17) is 4.42 Å². The van der Waals surface area contributed by atoms with Crippen LogP contribution in [0, 0.1) is 0 Å². The zero-order chi connectivity index (χ0) is 38.8. The van der Waals surface area contributed by atoms with Gasteiger partial charge in [-0.3, -0.25) is 0 Å². The van der Waals surface area contributed by atoms with Gasteiger partial charge in [0.25, 0.3) is 0 Å². The minimum Gasteiger partial charge on any atom is -0.504 e. The van der Waals surface area contributed by atoms with Crippen LogP contribution in [0.25, 0.3) is 87.6 Å². The Kier molecular flexibility index (Phi) is 6.69. The molecule has 0 atom stereocenters. The lowest BCUT2D eigenvalue weighted by Gasteiger charge is -2.25. The second kappa shape index (κ2) is 11.2. The van der Waals surface area contributed by atoms with Gasteiger partial charge in [0.15, 0.2) is 34.5 Å². The number of rotatable bonds is 3. The molecule has 0 bridgehead atoms. The number of hydrogen-bond donors (Lipinski definition) is 12. The largest absolute Gasteiger partial charge is 0.504 e. The quantitative estimate of drug-likeness (QED) is 0.0462. The number of hydrogen-bond acceptors (Lipinski definition) is 13. The van der Waals surface area contributed by atoms with Gasteiger partial charge in [-0.1, -0.05) is 72.8 Å². The third-order valence-electron chi connectivity index (χ3n) is 10.2. The van der Waals surface area contributed by atoms with Crippen molar-refractivity contribution in [3.05, 3.63) is 84.9 Å². The van der Waals surface area contributed by atoms with Crippen LogP contribution in [0.4, 0.5) is 0 Å². The highest BCUT2D eigenvalue weighted by Crippen LogP contribution is 2.65. The monoisotopic (exact) mass is 738 g/mol. The molecule has 9 rings (SSSR count). The van der Waals surface area contributed by atoms with Crippen LogP contribution in [-0.4, -0.2) is 61.3 Å². The lowest BCUT2D eigenvalue weighted by Crippen LogP contribution is -1.97. The van der Waals surface area contributed by atoms with Crippen LogP contribution >= 0.6 is 0 Å². The second-order valence-electron chi connectivity index (χ2n) is 13.0.